The van der Waals surface area contributed by atoms with Gasteiger partial charge in [-0.1, -0.05) is 31.5 Å². The zero-order chi connectivity index (χ0) is 15.1. The summed E-state index contributed by atoms with van der Waals surface area (Å²) in [4.78, 5) is -0.0571. The maximum atomic E-state index is 12.4. The molecule has 0 aliphatic heterocycles. The van der Waals surface area contributed by atoms with Crippen LogP contribution in [0.15, 0.2) is 23.1 Å². The molecule has 0 saturated heterocycles. The monoisotopic (exact) mass is 318 g/mol. The van der Waals surface area contributed by atoms with Crippen LogP contribution in [-0.4, -0.2) is 27.7 Å². The van der Waals surface area contributed by atoms with Crippen LogP contribution in [0.1, 0.15) is 20.3 Å². The molecule has 0 radical (unpaired) electrons. The highest BCUT2D eigenvalue weighted by atomic mass is 35.5. The van der Waals surface area contributed by atoms with Crippen molar-refractivity contribution in [2.24, 2.45) is 5.41 Å². The van der Waals surface area contributed by atoms with Crippen LogP contribution in [0.5, 0.6) is 0 Å². The number of methoxy groups -OCH3 is 1. The first-order valence-corrected chi connectivity index (χ1v) is 8.15. The van der Waals surface area contributed by atoms with E-state index in [4.69, 9.17) is 22.1 Å². The molecule has 0 bridgehead atoms. The third-order valence-corrected chi connectivity index (χ3v) is 6.04. The maximum Gasteiger partial charge on any atom is 0.244 e. The lowest BCUT2D eigenvalue weighted by atomic mass is 9.65. The third kappa shape index (κ3) is 2.53. The smallest absolute Gasteiger partial charge is 0.244 e. The lowest BCUT2D eigenvalue weighted by molar-refractivity contribution is -0.0908. The van der Waals surface area contributed by atoms with Crippen LogP contribution >= 0.6 is 11.6 Å². The first kappa shape index (κ1) is 15.6. The number of hydrogen-bond acceptors (Lipinski definition) is 4. The van der Waals surface area contributed by atoms with Gasteiger partial charge in [-0.2, -0.15) is 0 Å². The van der Waals surface area contributed by atoms with E-state index in [1.54, 1.807) is 13.2 Å². The zero-order valence-corrected chi connectivity index (χ0v) is 13.3. The van der Waals surface area contributed by atoms with Gasteiger partial charge in [0.2, 0.25) is 10.0 Å². The van der Waals surface area contributed by atoms with Crippen LogP contribution in [0.3, 0.4) is 0 Å². The normalized spacial score (nSPS) is 25.2. The van der Waals surface area contributed by atoms with Crippen molar-refractivity contribution in [1.82, 2.24) is 4.72 Å². The standard InChI is InChI=1S/C13H19ClN2O3S/c1-13(2)10(7-11(13)19-3)16-20(17,18)12-8(14)5-4-6-9(12)15/h4-6,10-11,16H,7,15H2,1-3H3. The van der Waals surface area contributed by atoms with Crippen molar-refractivity contribution in [3.05, 3.63) is 23.2 Å². The quantitative estimate of drug-likeness (QED) is 0.832. The van der Waals surface area contributed by atoms with Gasteiger partial charge in [-0.3, -0.25) is 0 Å². The maximum absolute atomic E-state index is 12.4. The number of benzene rings is 1. The number of rotatable bonds is 4. The fraction of sp³-hybridized carbons (Fsp3) is 0.538. The van der Waals surface area contributed by atoms with Crippen molar-refractivity contribution >= 4 is 27.3 Å². The molecule has 2 rings (SSSR count). The van der Waals surface area contributed by atoms with E-state index in [2.05, 4.69) is 4.72 Å². The van der Waals surface area contributed by atoms with Gasteiger partial charge in [-0.25, -0.2) is 13.1 Å². The molecule has 112 valence electrons. The number of nitrogens with two attached hydrogens (primary N) is 1. The van der Waals surface area contributed by atoms with Crippen LogP contribution in [0, 0.1) is 5.41 Å². The second-order valence-corrected chi connectivity index (χ2v) is 7.67. The predicted molar refractivity (Wildman–Crippen MR) is 79.2 cm³/mol. The Balaban J connectivity index is 2.26. The second-order valence-electron chi connectivity index (χ2n) is 5.61. The Morgan fingerprint density at radius 2 is 2.10 bits per heavy atom. The molecule has 20 heavy (non-hydrogen) atoms. The number of nitrogens with one attached hydrogen (secondary N) is 1. The Morgan fingerprint density at radius 3 is 2.60 bits per heavy atom. The largest absolute Gasteiger partial charge is 0.398 e. The SMILES string of the molecule is COC1CC(NS(=O)(=O)c2c(N)cccc2Cl)C1(C)C. The Morgan fingerprint density at radius 1 is 1.45 bits per heavy atom. The first-order chi connectivity index (χ1) is 9.20. The minimum Gasteiger partial charge on any atom is -0.398 e. The number of anilines is 1. The van der Waals surface area contributed by atoms with E-state index in [1.165, 1.54) is 12.1 Å². The molecular weight excluding hydrogens is 300 g/mol. The number of halogens is 1. The van der Waals surface area contributed by atoms with Crippen LogP contribution < -0.4 is 10.5 Å². The molecule has 2 unspecified atom stereocenters. The van der Waals surface area contributed by atoms with Gasteiger partial charge in [0.25, 0.3) is 0 Å². The lowest BCUT2D eigenvalue weighted by Gasteiger charge is -2.50. The number of nitrogen functional groups attached to an aromatic ring is 1. The van der Waals surface area contributed by atoms with Crippen LogP contribution in [0.4, 0.5) is 5.69 Å². The van der Waals surface area contributed by atoms with E-state index in [9.17, 15) is 8.42 Å². The molecule has 0 heterocycles. The topological polar surface area (TPSA) is 81.4 Å². The fourth-order valence-corrected chi connectivity index (χ4v) is 4.62. The molecule has 1 aliphatic carbocycles. The van der Waals surface area contributed by atoms with Crippen molar-refractivity contribution in [3.8, 4) is 0 Å². The van der Waals surface area contributed by atoms with Crippen molar-refractivity contribution in [2.45, 2.75) is 37.3 Å². The molecule has 0 amide bonds. The molecule has 0 aromatic heterocycles. The highest BCUT2D eigenvalue weighted by Crippen LogP contribution is 2.43. The van der Waals surface area contributed by atoms with Gasteiger partial charge in [-0.15, -0.1) is 0 Å². The van der Waals surface area contributed by atoms with E-state index in [-0.39, 0.29) is 33.2 Å². The van der Waals surface area contributed by atoms with Gasteiger partial charge >= 0.3 is 0 Å². The Labute approximate surface area is 124 Å². The number of hydrogen-bond donors (Lipinski definition) is 2. The fourth-order valence-electron chi connectivity index (χ4n) is 2.54. The summed E-state index contributed by atoms with van der Waals surface area (Å²) in [5, 5.41) is 0.123. The van der Waals surface area contributed by atoms with Crippen LogP contribution in [0.2, 0.25) is 5.02 Å². The lowest BCUT2D eigenvalue weighted by Crippen LogP contribution is -2.61. The summed E-state index contributed by atoms with van der Waals surface area (Å²) in [5.74, 6) is 0. The average molecular weight is 319 g/mol. The van der Waals surface area contributed by atoms with Gasteiger partial charge in [-0.05, 0) is 18.6 Å². The summed E-state index contributed by atoms with van der Waals surface area (Å²) in [6.45, 7) is 3.93. The van der Waals surface area contributed by atoms with E-state index < -0.39 is 10.0 Å². The molecule has 7 heteroatoms. The average Bonchev–Trinajstić information content (AvgIpc) is 2.33. The van der Waals surface area contributed by atoms with E-state index in [0.29, 0.717) is 6.42 Å². The van der Waals surface area contributed by atoms with Gasteiger partial charge in [0, 0.05) is 18.6 Å². The summed E-state index contributed by atoms with van der Waals surface area (Å²) in [5.41, 5.74) is 5.61. The summed E-state index contributed by atoms with van der Waals surface area (Å²) in [6.07, 6.45) is 0.673. The molecular formula is C13H19ClN2O3S. The Hall–Kier alpha value is -0.820. The molecule has 3 N–H and O–H groups in total. The van der Waals surface area contributed by atoms with Crippen LogP contribution in [-0.2, 0) is 14.8 Å². The molecule has 2 atom stereocenters. The molecule has 1 aromatic rings. The Bertz CT molecular complexity index is 596. The zero-order valence-electron chi connectivity index (χ0n) is 11.7. The van der Waals surface area contributed by atoms with Crippen molar-refractivity contribution < 1.29 is 13.2 Å². The van der Waals surface area contributed by atoms with Crippen molar-refractivity contribution in [2.75, 3.05) is 12.8 Å². The summed E-state index contributed by atoms with van der Waals surface area (Å²) >= 11 is 5.96. The molecule has 0 spiro atoms. The van der Waals surface area contributed by atoms with Gasteiger partial charge in [0.15, 0.2) is 0 Å². The molecule has 1 fully saturated rings. The molecule has 1 aromatic carbocycles. The summed E-state index contributed by atoms with van der Waals surface area (Å²) in [7, 11) is -2.12. The van der Waals surface area contributed by atoms with Gasteiger partial charge < -0.3 is 10.5 Å². The molecule has 1 saturated carbocycles. The summed E-state index contributed by atoms with van der Waals surface area (Å²) in [6, 6.07) is 4.44. The van der Waals surface area contributed by atoms with E-state index in [0.717, 1.165) is 0 Å². The van der Waals surface area contributed by atoms with Crippen molar-refractivity contribution in [3.63, 3.8) is 0 Å². The van der Waals surface area contributed by atoms with Gasteiger partial charge in [0.05, 0.1) is 16.8 Å². The van der Waals surface area contributed by atoms with Crippen molar-refractivity contribution in [1.29, 1.82) is 0 Å². The van der Waals surface area contributed by atoms with E-state index in [1.807, 2.05) is 13.8 Å². The Kier molecular flexibility index (Phi) is 4.03. The highest BCUT2D eigenvalue weighted by Gasteiger charge is 2.50. The second kappa shape index (κ2) is 5.18. The number of sulfonamides is 1. The highest BCUT2D eigenvalue weighted by molar-refractivity contribution is 7.89. The van der Waals surface area contributed by atoms with Gasteiger partial charge in [0.1, 0.15) is 4.90 Å². The van der Waals surface area contributed by atoms with Crippen LogP contribution in [0.25, 0.3) is 0 Å². The van der Waals surface area contributed by atoms with E-state index >= 15 is 0 Å². The minimum atomic E-state index is -3.75. The predicted octanol–water partition coefficient (Wildman–Crippen LogP) is 2.01. The molecule has 1 aliphatic rings. The number of ether oxygens (including phenoxy) is 1. The summed E-state index contributed by atoms with van der Waals surface area (Å²) < 4.78 is 32.9. The third-order valence-electron chi connectivity index (χ3n) is 4.03. The molecule has 5 nitrogen and oxygen atoms in total. The minimum absolute atomic E-state index is 0.0405. The first-order valence-electron chi connectivity index (χ1n) is 6.29.